The molecular formula is C18H46O4SiZr. The third kappa shape index (κ3) is 112. The molecule has 0 aliphatic heterocycles. The Morgan fingerprint density at radius 3 is 0.625 bits per heavy atom. The number of aliphatic hydroxyl groups is 3. The average Bonchev–Trinajstić information content (AvgIpc) is 2.21. The molecule has 0 aliphatic carbocycles. The van der Waals surface area contributed by atoms with Crippen LogP contribution in [-0.4, -0.2) is 45.2 Å². The van der Waals surface area contributed by atoms with Gasteiger partial charge in [-0.25, -0.2) is 0 Å². The summed E-state index contributed by atoms with van der Waals surface area (Å²) < 4.78 is 0. The molecule has 0 spiro atoms. The molecule has 0 unspecified atom stereocenters. The predicted molar refractivity (Wildman–Crippen MR) is 105 cm³/mol. The minimum absolute atomic E-state index is 0. The maximum absolute atomic E-state index is 9.58. The van der Waals surface area contributed by atoms with Gasteiger partial charge in [0, 0.05) is 26.2 Å². The van der Waals surface area contributed by atoms with E-state index in [9.17, 15) is 4.80 Å². The van der Waals surface area contributed by atoms with Crippen LogP contribution in [0.15, 0.2) is 0 Å². The van der Waals surface area contributed by atoms with Crippen LogP contribution in [-0.2, 0) is 26.2 Å². The fraction of sp³-hybridized carbons (Fsp3) is 1.00. The van der Waals surface area contributed by atoms with Gasteiger partial charge in [0.25, 0.3) is 0 Å². The zero-order valence-electron chi connectivity index (χ0n) is 18.4. The maximum atomic E-state index is 9.58. The van der Waals surface area contributed by atoms with E-state index in [4.69, 9.17) is 15.3 Å². The van der Waals surface area contributed by atoms with Crippen molar-refractivity contribution in [2.45, 2.75) is 118 Å². The monoisotopic (exact) mass is 444 g/mol. The number of rotatable bonds is 3. The van der Waals surface area contributed by atoms with Crippen LogP contribution in [0.3, 0.4) is 0 Å². The fourth-order valence-electron chi connectivity index (χ4n) is 0.750. The average molecular weight is 446 g/mol. The largest absolute Gasteiger partial charge is 0.432 e. The van der Waals surface area contributed by atoms with Crippen molar-refractivity contribution in [1.82, 2.24) is 0 Å². The summed E-state index contributed by atoms with van der Waals surface area (Å²) in [4.78, 5) is 9.58. The SMILES string of the molecule is CC(C)(C)O.CC(C)(C)O.CC(C)(C)O.CC[Si](O)(CC)CC.[Zr]. The molecule has 0 aliphatic rings. The first kappa shape index (κ1) is 35.9. The molecule has 0 heterocycles. The Kier molecular flexibility index (Phi) is 24.2. The zero-order valence-corrected chi connectivity index (χ0v) is 21.9. The van der Waals surface area contributed by atoms with Gasteiger partial charge in [-0.3, -0.25) is 0 Å². The molecule has 0 amide bonds. The number of hydrogen-bond donors (Lipinski definition) is 4. The van der Waals surface area contributed by atoms with E-state index in [1.807, 2.05) is 0 Å². The third-order valence-electron chi connectivity index (χ3n) is 1.97. The third-order valence-corrected chi connectivity index (χ3v) is 5.92. The summed E-state index contributed by atoms with van der Waals surface area (Å²) in [6.45, 7) is 21.9. The van der Waals surface area contributed by atoms with Crippen LogP contribution in [0.25, 0.3) is 0 Å². The maximum Gasteiger partial charge on any atom is 0.187 e. The fourth-order valence-corrected chi connectivity index (χ4v) is 2.25. The van der Waals surface area contributed by atoms with E-state index in [0.29, 0.717) is 0 Å². The molecule has 150 valence electrons. The summed E-state index contributed by atoms with van der Waals surface area (Å²) in [5.74, 6) is 0. The van der Waals surface area contributed by atoms with Gasteiger partial charge in [-0.15, -0.1) is 0 Å². The van der Waals surface area contributed by atoms with Crippen molar-refractivity contribution in [1.29, 1.82) is 0 Å². The Labute approximate surface area is 172 Å². The Balaban J connectivity index is -0.0000000677. The molecule has 0 radical (unpaired) electrons. The summed E-state index contributed by atoms with van der Waals surface area (Å²) in [6, 6.07) is 3.04. The van der Waals surface area contributed by atoms with Crippen molar-refractivity contribution in [2.75, 3.05) is 0 Å². The Hall–Kier alpha value is 0.940. The minimum Gasteiger partial charge on any atom is -0.432 e. The molecule has 0 fully saturated rings. The first-order valence-corrected chi connectivity index (χ1v) is 11.1. The topological polar surface area (TPSA) is 80.9 Å². The zero-order chi connectivity index (χ0) is 20.1. The van der Waals surface area contributed by atoms with E-state index in [2.05, 4.69) is 20.8 Å². The standard InChI is InChI=1S/C6H16OSi.3C4H10O.Zr/c1-4-8(7,5-2)6-3;3*1-4(2,3)5;/h7H,4-6H2,1-3H3;3*5H,1-3H3;. The van der Waals surface area contributed by atoms with Crippen molar-refractivity contribution >= 4 is 8.32 Å². The Morgan fingerprint density at radius 2 is 0.625 bits per heavy atom. The van der Waals surface area contributed by atoms with Gasteiger partial charge in [-0.1, -0.05) is 20.8 Å². The van der Waals surface area contributed by atoms with Crippen LogP contribution in [0, 0.1) is 0 Å². The normalized spacial score (nSPS) is 11.5. The summed E-state index contributed by atoms with van der Waals surface area (Å²) >= 11 is 0. The van der Waals surface area contributed by atoms with Crippen molar-refractivity contribution in [3.63, 3.8) is 0 Å². The smallest absolute Gasteiger partial charge is 0.187 e. The van der Waals surface area contributed by atoms with Gasteiger partial charge in [0.1, 0.15) is 0 Å². The van der Waals surface area contributed by atoms with E-state index in [1.165, 1.54) is 0 Å². The van der Waals surface area contributed by atoms with E-state index >= 15 is 0 Å². The van der Waals surface area contributed by atoms with Crippen LogP contribution in [0.4, 0.5) is 0 Å². The molecular weight excluding hydrogens is 400 g/mol. The Bertz CT molecular complexity index is 194. The van der Waals surface area contributed by atoms with Crippen molar-refractivity contribution in [3.8, 4) is 0 Å². The van der Waals surface area contributed by atoms with E-state index < -0.39 is 25.1 Å². The molecule has 0 saturated heterocycles. The van der Waals surface area contributed by atoms with Gasteiger partial charge in [-0.05, 0) is 80.4 Å². The molecule has 6 heteroatoms. The first-order chi connectivity index (χ1) is 9.68. The van der Waals surface area contributed by atoms with Crippen molar-refractivity contribution in [3.05, 3.63) is 0 Å². The summed E-state index contributed by atoms with van der Waals surface area (Å²) in [5.41, 5.74) is -1.50. The van der Waals surface area contributed by atoms with Gasteiger partial charge in [0.15, 0.2) is 8.32 Å². The quantitative estimate of drug-likeness (QED) is 0.488. The molecule has 0 aromatic heterocycles. The second-order valence-electron chi connectivity index (χ2n) is 8.80. The van der Waals surface area contributed by atoms with Crippen LogP contribution < -0.4 is 0 Å². The second-order valence-corrected chi connectivity index (χ2v) is 13.4. The van der Waals surface area contributed by atoms with Crippen molar-refractivity contribution < 1.29 is 46.3 Å². The van der Waals surface area contributed by atoms with Gasteiger partial charge < -0.3 is 20.1 Å². The molecule has 0 rings (SSSR count). The first-order valence-electron chi connectivity index (χ1n) is 8.58. The predicted octanol–water partition coefficient (Wildman–Crippen LogP) is 4.31. The Morgan fingerprint density at radius 1 is 0.542 bits per heavy atom. The van der Waals surface area contributed by atoms with Crippen LogP contribution >= 0.6 is 0 Å². The van der Waals surface area contributed by atoms with Gasteiger partial charge in [0.05, 0.1) is 16.8 Å². The molecule has 0 aromatic carbocycles. The number of hydrogen-bond acceptors (Lipinski definition) is 4. The van der Waals surface area contributed by atoms with E-state index in [1.54, 1.807) is 62.3 Å². The summed E-state index contributed by atoms with van der Waals surface area (Å²) in [7, 11) is -1.67. The van der Waals surface area contributed by atoms with Gasteiger partial charge in [-0.2, -0.15) is 0 Å². The van der Waals surface area contributed by atoms with Crippen LogP contribution in [0.2, 0.25) is 18.1 Å². The van der Waals surface area contributed by atoms with Crippen molar-refractivity contribution in [2.24, 2.45) is 0 Å². The molecule has 0 aromatic rings. The summed E-state index contributed by atoms with van der Waals surface area (Å²) in [5, 5.41) is 25.6. The van der Waals surface area contributed by atoms with Crippen LogP contribution in [0.5, 0.6) is 0 Å². The molecule has 24 heavy (non-hydrogen) atoms. The van der Waals surface area contributed by atoms with Gasteiger partial charge >= 0.3 is 0 Å². The van der Waals surface area contributed by atoms with E-state index in [-0.39, 0.29) is 26.2 Å². The molecule has 4 nitrogen and oxygen atoms in total. The minimum atomic E-state index is -1.67. The molecule has 4 N–H and O–H groups in total. The van der Waals surface area contributed by atoms with E-state index in [0.717, 1.165) is 18.1 Å². The molecule has 0 atom stereocenters. The molecule has 0 bridgehead atoms. The molecule has 0 saturated carbocycles. The second kappa shape index (κ2) is 16.1. The van der Waals surface area contributed by atoms with Gasteiger partial charge in [0.2, 0.25) is 0 Å². The van der Waals surface area contributed by atoms with Crippen LogP contribution in [0.1, 0.15) is 83.1 Å². The summed E-state index contributed by atoms with van der Waals surface area (Å²) in [6.07, 6.45) is 0.